The van der Waals surface area contributed by atoms with Gasteiger partial charge in [0.05, 0.1) is 28.4 Å². The lowest BCUT2D eigenvalue weighted by atomic mass is 10.2. The molecule has 0 radical (unpaired) electrons. The van der Waals surface area contributed by atoms with E-state index in [1.54, 1.807) is 12.1 Å². The van der Waals surface area contributed by atoms with Gasteiger partial charge >= 0.3 is 5.97 Å². The van der Waals surface area contributed by atoms with E-state index in [1.165, 1.54) is 37.4 Å². The molecular weight excluding hydrogens is 349 g/mol. The Bertz CT molecular complexity index is 821. The lowest BCUT2D eigenvalue weighted by molar-refractivity contribution is 0.0601. The second kappa shape index (κ2) is 6.56. The first-order chi connectivity index (χ1) is 10.3. The number of ether oxygens (including phenoxy) is 1. The first kappa shape index (κ1) is 16.6. The molecule has 0 atom stereocenters. The van der Waals surface area contributed by atoms with Gasteiger partial charge in [-0.25, -0.2) is 13.2 Å². The maximum atomic E-state index is 12.4. The minimum Gasteiger partial charge on any atom is -0.465 e. The second-order valence-corrected chi connectivity index (χ2v) is 6.69. The number of nitrogens with one attached hydrogen (secondary N) is 1. The molecule has 116 valence electrons. The third-order valence-corrected chi connectivity index (χ3v) is 4.95. The summed E-state index contributed by atoms with van der Waals surface area (Å²) < 4.78 is 31.6. The molecule has 0 saturated carbocycles. The van der Waals surface area contributed by atoms with Gasteiger partial charge < -0.3 is 4.74 Å². The molecule has 22 heavy (non-hydrogen) atoms. The summed E-state index contributed by atoms with van der Waals surface area (Å²) in [6.45, 7) is 0. The van der Waals surface area contributed by atoms with Crippen molar-refractivity contribution in [3.05, 3.63) is 58.1 Å². The summed E-state index contributed by atoms with van der Waals surface area (Å²) >= 11 is 11.9. The highest BCUT2D eigenvalue weighted by molar-refractivity contribution is 7.92. The number of rotatable bonds is 4. The molecule has 0 saturated heterocycles. The Morgan fingerprint density at radius 1 is 1.09 bits per heavy atom. The van der Waals surface area contributed by atoms with Crippen molar-refractivity contribution in [1.29, 1.82) is 0 Å². The summed E-state index contributed by atoms with van der Waals surface area (Å²) in [6, 6.07) is 10.1. The van der Waals surface area contributed by atoms with E-state index >= 15 is 0 Å². The number of hydrogen-bond donors (Lipinski definition) is 1. The predicted octanol–water partition coefficient (Wildman–Crippen LogP) is 3.58. The van der Waals surface area contributed by atoms with Crippen LogP contribution in [0.1, 0.15) is 10.4 Å². The lowest BCUT2D eigenvalue weighted by Gasteiger charge is -2.11. The number of carbonyl (C=O) groups excluding carboxylic acids is 1. The van der Waals surface area contributed by atoms with Crippen molar-refractivity contribution in [3.63, 3.8) is 0 Å². The van der Waals surface area contributed by atoms with Gasteiger partial charge in [0.2, 0.25) is 0 Å². The summed E-state index contributed by atoms with van der Waals surface area (Å²) in [5.41, 5.74) is 0.230. The fourth-order valence-corrected chi connectivity index (χ4v) is 3.52. The summed E-state index contributed by atoms with van der Waals surface area (Å²) in [6.07, 6.45) is 0. The van der Waals surface area contributed by atoms with Crippen molar-refractivity contribution in [3.8, 4) is 0 Å². The molecule has 2 rings (SSSR count). The van der Waals surface area contributed by atoms with Gasteiger partial charge in [-0.2, -0.15) is 0 Å². The second-order valence-electron chi connectivity index (χ2n) is 4.22. The normalized spacial score (nSPS) is 11.0. The summed E-state index contributed by atoms with van der Waals surface area (Å²) in [5.74, 6) is -0.602. The largest absolute Gasteiger partial charge is 0.465 e. The monoisotopic (exact) mass is 359 g/mol. The number of sulfonamides is 1. The lowest BCUT2D eigenvalue weighted by Crippen LogP contribution is -2.14. The summed E-state index contributed by atoms with van der Waals surface area (Å²) in [7, 11) is -2.71. The SMILES string of the molecule is COC(=O)c1ccc(Cl)c(NS(=O)(=O)c2ccccc2Cl)c1. The van der Waals surface area contributed by atoms with Crippen LogP contribution in [-0.4, -0.2) is 21.5 Å². The van der Waals surface area contributed by atoms with Crippen LogP contribution in [0.25, 0.3) is 0 Å². The van der Waals surface area contributed by atoms with Gasteiger partial charge in [-0.05, 0) is 30.3 Å². The Balaban J connectivity index is 2.42. The van der Waals surface area contributed by atoms with Crippen molar-refractivity contribution in [2.24, 2.45) is 0 Å². The summed E-state index contributed by atoms with van der Waals surface area (Å²) in [5, 5.41) is 0.221. The molecule has 5 nitrogen and oxygen atoms in total. The van der Waals surface area contributed by atoms with Crippen LogP contribution in [0.3, 0.4) is 0 Å². The Morgan fingerprint density at radius 3 is 2.41 bits per heavy atom. The van der Waals surface area contributed by atoms with Crippen LogP contribution < -0.4 is 4.72 Å². The number of anilines is 1. The van der Waals surface area contributed by atoms with Gasteiger partial charge in [0.1, 0.15) is 4.90 Å². The smallest absolute Gasteiger partial charge is 0.337 e. The molecular formula is C14H11Cl2NO4S. The van der Waals surface area contributed by atoms with E-state index in [2.05, 4.69) is 9.46 Å². The van der Waals surface area contributed by atoms with Crippen LogP contribution in [0.5, 0.6) is 0 Å². The third kappa shape index (κ3) is 3.52. The highest BCUT2D eigenvalue weighted by atomic mass is 35.5. The minimum absolute atomic E-state index is 0.0597. The van der Waals surface area contributed by atoms with E-state index in [1.807, 2.05) is 0 Å². The van der Waals surface area contributed by atoms with Crippen molar-refractivity contribution in [2.75, 3.05) is 11.8 Å². The molecule has 0 spiro atoms. The zero-order valence-electron chi connectivity index (χ0n) is 11.3. The Kier molecular flexibility index (Phi) is 4.95. The van der Waals surface area contributed by atoms with E-state index in [4.69, 9.17) is 23.2 Å². The van der Waals surface area contributed by atoms with E-state index in [0.29, 0.717) is 0 Å². The Hall–Kier alpha value is -1.76. The molecule has 0 aromatic heterocycles. The number of carbonyl (C=O) groups is 1. The fourth-order valence-electron chi connectivity index (χ4n) is 1.71. The zero-order chi connectivity index (χ0) is 16.3. The van der Waals surface area contributed by atoms with Crippen LogP contribution in [0, 0.1) is 0 Å². The highest BCUT2D eigenvalue weighted by Crippen LogP contribution is 2.28. The minimum atomic E-state index is -3.93. The molecule has 2 aromatic rings. The zero-order valence-corrected chi connectivity index (χ0v) is 13.7. The number of esters is 1. The van der Waals surface area contributed by atoms with E-state index in [0.717, 1.165) is 0 Å². The number of benzene rings is 2. The molecule has 0 heterocycles. The first-order valence-electron chi connectivity index (χ1n) is 6.00. The van der Waals surface area contributed by atoms with Crippen LogP contribution >= 0.6 is 23.2 Å². The third-order valence-electron chi connectivity index (χ3n) is 2.76. The molecule has 0 amide bonds. The van der Waals surface area contributed by atoms with Gasteiger partial charge in [0, 0.05) is 0 Å². The van der Waals surface area contributed by atoms with E-state index in [-0.39, 0.29) is 26.2 Å². The average Bonchev–Trinajstić information content (AvgIpc) is 2.48. The number of hydrogen-bond acceptors (Lipinski definition) is 4. The maximum Gasteiger partial charge on any atom is 0.337 e. The summed E-state index contributed by atoms with van der Waals surface area (Å²) in [4.78, 5) is 11.4. The van der Waals surface area contributed by atoms with Crippen molar-refractivity contribution in [1.82, 2.24) is 0 Å². The van der Waals surface area contributed by atoms with Crippen LogP contribution in [0.15, 0.2) is 47.4 Å². The van der Waals surface area contributed by atoms with Crippen LogP contribution in [0.2, 0.25) is 10.0 Å². The van der Waals surface area contributed by atoms with Crippen molar-refractivity contribution >= 4 is 44.9 Å². The standard InChI is InChI=1S/C14H11Cl2NO4S/c1-21-14(18)9-6-7-10(15)12(8-9)17-22(19,20)13-5-3-2-4-11(13)16/h2-8,17H,1H3. The van der Waals surface area contributed by atoms with Gasteiger partial charge in [-0.15, -0.1) is 0 Å². The molecule has 0 aliphatic heterocycles. The van der Waals surface area contributed by atoms with Gasteiger partial charge in [-0.1, -0.05) is 35.3 Å². The average molecular weight is 360 g/mol. The van der Waals surface area contributed by atoms with Gasteiger partial charge in [-0.3, -0.25) is 4.72 Å². The van der Waals surface area contributed by atoms with E-state index < -0.39 is 16.0 Å². The maximum absolute atomic E-state index is 12.4. The number of halogens is 2. The van der Waals surface area contributed by atoms with Crippen molar-refractivity contribution < 1.29 is 17.9 Å². The molecule has 0 bridgehead atoms. The van der Waals surface area contributed by atoms with E-state index in [9.17, 15) is 13.2 Å². The molecule has 0 unspecified atom stereocenters. The molecule has 8 heteroatoms. The fraction of sp³-hybridized carbons (Fsp3) is 0.0714. The number of methoxy groups -OCH3 is 1. The molecule has 2 aromatic carbocycles. The topological polar surface area (TPSA) is 72.5 Å². The predicted molar refractivity (Wildman–Crippen MR) is 85.1 cm³/mol. The highest BCUT2D eigenvalue weighted by Gasteiger charge is 2.19. The van der Waals surface area contributed by atoms with Gasteiger partial charge in [0.15, 0.2) is 0 Å². The molecule has 0 aliphatic rings. The molecule has 0 fully saturated rings. The first-order valence-corrected chi connectivity index (χ1v) is 8.24. The Labute approximate surface area is 137 Å². The quantitative estimate of drug-likeness (QED) is 0.846. The van der Waals surface area contributed by atoms with Crippen LogP contribution in [-0.2, 0) is 14.8 Å². The Morgan fingerprint density at radius 2 is 1.77 bits per heavy atom. The molecule has 1 N–H and O–H groups in total. The molecule has 0 aliphatic carbocycles. The van der Waals surface area contributed by atoms with Crippen molar-refractivity contribution in [2.45, 2.75) is 4.90 Å². The van der Waals surface area contributed by atoms with Crippen LogP contribution in [0.4, 0.5) is 5.69 Å². The van der Waals surface area contributed by atoms with Gasteiger partial charge in [0.25, 0.3) is 10.0 Å².